The number of pyridine rings is 6. The van der Waals surface area contributed by atoms with Crippen molar-refractivity contribution in [1.82, 2.24) is 29.9 Å². The van der Waals surface area contributed by atoms with Gasteiger partial charge in [0.1, 0.15) is 16.7 Å². The van der Waals surface area contributed by atoms with Crippen molar-refractivity contribution in [2.75, 3.05) is 0 Å². The second-order valence-corrected chi connectivity index (χ2v) is 72.2. The van der Waals surface area contributed by atoms with Crippen molar-refractivity contribution >= 4 is 119 Å². The predicted octanol–water partition coefficient (Wildman–Crippen LogP) is 32.6. The van der Waals surface area contributed by atoms with Crippen LogP contribution in [0.15, 0.2) is 366 Å². The van der Waals surface area contributed by atoms with Gasteiger partial charge in [-0.15, -0.1) is 71.3 Å². The minimum Gasteiger partial charge on any atom is -0.500 e. The number of furan rings is 3. The van der Waals surface area contributed by atoms with E-state index in [4.69, 9.17) is 28.2 Å². The molecule has 21 rings (SSSR count). The zero-order valence-electron chi connectivity index (χ0n) is 84.3. The first kappa shape index (κ1) is 108. The molecular formula is C127H122Ge3Ir3N6O3-6. The Labute approximate surface area is 888 Å². The maximum absolute atomic E-state index is 6.12. The molecule has 723 valence electrons. The van der Waals surface area contributed by atoms with E-state index in [0.717, 1.165) is 164 Å². The number of fused-ring (bicyclic) bond motifs is 9. The molecule has 12 aromatic carbocycles. The molecule has 0 spiro atoms. The Balaban J connectivity index is 0.000000143. The van der Waals surface area contributed by atoms with Crippen molar-refractivity contribution in [2.24, 2.45) is 17.8 Å². The molecule has 0 N–H and O–H groups in total. The quantitative estimate of drug-likeness (QED) is 0.0576. The summed E-state index contributed by atoms with van der Waals surface area (Å²) >= 11 is -5.57. The summed E-state index contributed by atoms with van der Waals surface area (Å²) in [6.07, 6.45) is 15.3. The standard InChI is InChI=1S/C26H20NO.C24H16NO.C23H14NO.3C18H24GeN.3Ir/c1-17(2)19-12-13-27-24(15-19)21-9-11-25-23(14-21)22-10-8-20(16-26(22)28-25)18-6-4-3-5-7-18;1-16-11-12-25-22(13-16)19-8-10-24-21(15-19)20-14-18(7-9-23(20)26-24)17-5-3-2-4-6-17;1-2-6-16(7-3-1)17-9-11-19-20-14-18(21-8-4-5-13-24-21)10-12-22(20)25-23(19)15-17;3*1-14(2)11-16-12-18(15-9-7-6-8-10-15)20-13-17(16)19(3,4)5;;;/h3-8,10-17H,1-2H3;2-7,9-15H,1H3;1-9,11-15H;3*6-9,12-14H,11H2,1-5H3;;;/q6*-1;;;. The number of rotatable bonds is 19. The zero-order chi connectivity index (χ0) is 97.5. The van der Waals surface area contributed by atoms with Crippen LogP contribution in [0.3, 0.4) is 0 Å². The van der Waals surface area contributed by atoms with Crippen LogP contribution in [0.1, 0.15) is 89.1 Å². The van der Waals surface area contributed by atoms with Gasteiger partial charge in [-0.3, -0.25) is 0 Å². The van der Waals surface area contributed by atoms with Gasteiger partial charge in [-0.25, -0.2) is 0 Å². The third kappa shape index (κ3) is 27.5. The average molecular weight is 2570 g/mol. The van der Waals surface area contributed by atoms with Crippen LogP contribution in [0.5, 0.6) is 0 Å². The molecule has 21 aromatic rings. The van der Waals surface area contributed by atoms with Crippen LogP contribution < -0.4 is 13.2 Å². The SMILES string of the molecule is CC(C)Cc1cc(-c2[c-]cccc2)nc[c]1[Ge]([CH3])([CH3])[CH3].CC(C)Cc1cc(-c2[c-]cccc2)nc[c]1[Ge]([CH3])([CH3])[CH3].CC(C)Cc1cc(-c2[c-]cccc2)nc[c]1[Ge]([CH3])([CH3])[CH3].CC(C)c1ccnc(-c2[c-]cc3oc4cc(-c5ccccc5)ccc4c3c2)c1.Cc1ccnc(-c2[c-]cc3oc4ccc(-c5ccccc5)cc4c3c2)c1.[Ir].[Ir].[Ir].[c-]1cc2oc3cc(-c4ccccc4)ccc3c2cc1-c1ccccn1. The van der Waals surface area contributed by atoms with Crippen molar-refractivity contribution in [3.63, 3.8) is 0 Å². The Morgan fingerprint density at radius 1 is 0.254 bits per heavy atom. The van der Waals surface area contributed by atoms with Crippen LogP contribution in [0.4, 0.5) is 0 Å². The van der Waals surface area contributed by atoms with Gasteiger partial charge >= 0.3 is 377 Å². The maximum atomic E-state index is 6.12. The maximum Gasteiger partial charge on any atom is 0.121 e. The van der Waals surface area contributed by atoms with Crippen LogP contribution in [0.25, 0.3) is 167 Å². The first-order valence-electron chi connectivity index (χ1n) is 48.5. The Bertz CT molecular complexity index is 7480. The number of aromatic nitrogens is 6. The summed E-state index contributed by atoms with van der Waals surface area (Å²) in [6.45, 7) is 20.2. The monoisotopic (exact) mass is 2580 g/mol. The number of hydrogen-bond donors (Lipinski definition) is 0. The predicted molar refractivity (Wildman–Crippen MR) is 593 cm³/mol. The van der Waals surface area contributed by atoms with Gasteiger partial charge < -0.3 is 28.2 Å². The van der Waals surface area contributed by atoms with Gasteiger partial charge in [-0.05, 0) is 106 Å². The van der Waals surface area contributed by atoms with Gasteiger partial charge in [0, 0.05) is 95.1 Å². The van der Waals surface area contributed by atoms with Gasteiger partial charge in [0.25, 0.3) is 0 Å². The summed E-state index contributed by atoms with van der Waals surface area (Å²) in [5.74, 6) is 24.4. The van der Waals surface area contributed by atoms with E-state index in [9.17, 15) is 0 Å². The number of nitrogens with zero attached hydrogens (tertiary/aromatic N) is 6. The summed E-state index contributed by atoms with van der Waals surface area (Å²) in [5, 5.41) is 6.62. The van der Waals surface area contributed by atoms with Crippen LogP contribution in [-0.4, -0.2) is 69.7 Å². The Hall–Kier alpha value is -11.5. The molecule has 0 atom stereocenters. The van der Waals surface area contributed by atoms with Crippen LogP contribution in [0.2, 0.25) is 51.8 Å². The molecule has 0 unspecified atom stereocenters. The Morgan fingerprint density at radius 3 is 0.944 bits per heavy atom. The second kappa shape index (κ2) is 49.2. The normalized spacial score (nSPS) is 11.3. The fourth-order valence-corrected chi connectivity index (χ4v) is 27.6. The van der Waals surface area contributed by atoms with Gasteiger partial charge in [-0.2, -0.15) is 0 Å². The Kier molecular flexibility index (Phi) is 37.3. The van der Waals surface area contributed by atoms with Crippen molar-refractivity contribution in [3.8, 4) is 101 Å². The van der Waals surface area contributed by atoms with Crippen molar-refractivity contribution < 1.29 is 73.6 Å². The third-order valence-electron chi connectivity index (χ3n) is 24.6. The number of hydrogen-bond acceptors (Lipinski definition) is 9. The first-order valence-corrected chi connectivity index (χ1v) is 70.5. The van der Waals surface area contributed by atoms with Crippen LogP contribution in [0, 0.1) is 61.1 Å². The van der Waals surface area contributed by atoms with E-state index in [0.29, 0.717) is 23.7 Å². The van der Waals surface area contributed by atoms with Crippen molar-refractivity contribution in [1.29, 1.82) is 0 Å². The minimum atomic E-state index is -1.86. The van der Waals surface area contributed by atoms with E-state index in [-0.39, 0.29) is 60.3 Å². The third-order valence-corrected chi connectivity index (χ3v) is 37.6. The van der Waals surface area contributed by atoms with Gasteiger partial charge in [0.2, 0.25) is 0 Å². The summed E-state index contributed by atoms with van der Waals surface area (Å²) in [4.78, 5) is 27.5. The summed E-state index contributed by atoms with van der Waals surface area (Å²) < 4.78 is 22.8. The van der Waals surface area contributed by atoms with E-state index in [1.807, 2.05) is 146 Å². The number of benzene rings is 12. The van der Waals surface area contributed by atoms with Crippen LogP contribution in [-0.2, 0) is 79.6 Å². The molecule has 3 radical (unpaired) electrons. The van der Waals surface area contributed by atoms with Crippen molar-refractivity contribution in [3.05, 3.63) is 417 Å². The topological polar surface area (TPSA) is 117 Å². The van der Waals surface area contributed by atoms with E-state index in [2.05, 4.69) is 366 Å². The summed E-state index contributed by atoms with van der Waals surface area (Å²) in [7, 11) is 0. The molecule has 142 heavy (non-hydrogen) atoms. The van der Waals surface area contributed by atoms with E-state index in [1.54, 1.807) is 19.4 Å². The fourth-order valence-electron chi connectivity index (χ4n) is 17.6. The second-order valence-electron chi connectivity index (χ2n) is 40.5. The van der Waals surface area contributed by atoms with Gasteiger partial charge in [0.05, 0.1) is 16.7 Å². The smallest absolute Gasteiger partial charge is 0.121 e. The molecule has 0 aliphatic heterocycles. The molecular weight excluding hydrogens is 2450 g/mol. The van der Waals surface area contributed by atoms with E-state index < -0.39 is 39.8 Å². The molecule has 9 nitrogen and oxygen atoms in total. The molecule has 0 bridgehead atoms. The molecule has 0 aliphatic carbocycles. The van der Waals surface area contributed by atoms with Gasteiger partial charge in [-0.1, -0.05) is 187 Å². The molecule has 15 heteroatoms. The molecule has 0 amide bonds. The fraction of sp³-hybridized carbons (Fsp3) is 0.197. The molecule has 0 saturated heterocycles. The van der Waals surface area contributed by atoms with Crippen molar-refractivity contribution in [2.45, 2.75) is 139 Å². The molecule has 0 fully saturated rings. The molecule has 0 saturated carbocycles. The molecule has 9 heterocycles. The minimum absolute atomic E-state index is 0. The number of aryl methyl sites for hydroxylation is 1. The Morgan fingerprint density at radius 2 is 0.585 bits per heavy atom. The summed E-state index contributed by atoms with van der Waals surface area (Å²) in [6, 6.07) is 127. The van der Waals surface area contributed by atoms with Gasteiger partial charge in [0.15, 0.2) is 0 Å². The average Bonchev–Trinajstić information content (AvgIpc) is 1.63. The molecule has 0 aliphatic rings. The first-order chi connectivity index (χ1) is 67.0. The summed E-state index contributed by atoms with van der Waals surface area (Å²) in [5.41, 5.74) is 31.4. The zero-order valence-corrected chi connectivity index (χ0v) is 97.8. The van der Waals surface area contributed by atoms with E-state index >= 15 is 0 Å². The van der Waals surface area contributed by atoms with Crippen LogP contribution >= 0.6 is 0 Å². The van der Waals surface area contributed by atoms with E-state index in [1.165, 1.54) is 50.1 Å². The molecule has 9 aromatic heterocycles. The largest absolute Gasteiger partial charge is 0.500 e.